The maximum Gasteiger partial charge on any atom is 0.150 e. The van der Waals surface area contributed by atoms with Gasteiger partial charge in [-0.15, -0.1) is 0 Å². The quantitative estimate of drug-likeness (QED) is 0.854. The molecule has 1 N–H and O–H groups in total. The molecule has 1 fully saturated rings. The summed E-state index contributed by atoms with van der Waals surface area (Å²) in [5.74, 6) is 0.726. The van der Waals surface area contributed by atoms with Gasteiger partial charge in [-0.2, -0.15) is 0 Å². The van der Waals surface area contributed by atoms with Crippen molar-refractivity contribution in [3.63, 3.8) is 0 Å². The van der Waals surface area contributed by atoms with Gasteiger partial charge in [0.2, 0.25) is 0 Å². The first-order valence-corrected chi connectivity index (χ1v) is 9.16. The van der Waals surface area contributed by atoms with E-state index in [9.17, 15) is 8.42 Å². The van der Waals surface area contributed by atoms with E-state index >= 15 is 0 Å². The van der Waals surface area contributed by atoms with E-state index in [1.54, 1.807) is 0 Å². The number of sulfone groups is 1. The fourth-order valence-electron chi connectivity index (χ4n) is 2.48. The van der Waals surface area contributed by atoms with Gasteiger partial charge in [-0.25, -0.2) is 8.42 Å². The normalized spacial score (nSPS) is 24.1. The molecule has 1 aromatic rings. The molecule has 3 nitrogen and oxygen atoms in total. The third kappa shape index (κ3) is 3.15. The van der Waals surface area contributed by atoms with Crippen molar-refractivity contribution in [2.75, 3.05) is 18.6 Å². The Hall–Kier alpha value is 0.0900. The molecule has 1 aliphatic rings. The molecule has 0 aliphatic carbocycles. The number of benzene rings is 1. The van der Waals surface area contributed by atoms with Gasteiger partial charge in [0, 0.05) is 15.0 Å². The van der Waals surface area contributed by atoms with Crippen LogP contribution < -0.4 is 5.32 Å². The average molecular weight is 397 g/mol. The van der Waals surface area contributed by atoms with Crippen molar-refractivity contribution in [2.24, 2.45) is 5.92 Å². The first-order chi connectivity index (χ1) is 8.43. The zero-order valence-corrected chi connectivity index (χ0v) is 14.0. The van der Waals surface area contributed by atoms with Crippen LogP contribution in [0.25, 0.3) is 0 Å². The van der Waals surface area contributed by atoms with Crippen LogP contribution in [-0.4, -0.2) is 27.0 Å². The van der Waals surface area contributed by atoms with E-state index in [4.69, 9.17) is 0 Å². The van der Waals surface area contributed by atoms with Gasteiger partial charge in [0.15, 0.2) is 9.84 Å². The van der Waals surface area contributed by atoms with Crippen LogP contribution in [0.1, 0.15) is 18.0 Å². The lowest BCUT2D eigenvalue weighted by Gasteiger charge is -2.24. The van der Waals surface area contributed by atoms with Crippen LogP contribution in [0, 0.1) is 5.92 Å². The molecule has 1 aliphatic heterocycles. The maximum atomic E-state index is 11.6. The molecule has 2 unspecified atom stereocenters. The van der Waals surface area contributed by atoms with Crippen LogP contribution in [0.5, 0.6) is 0 Å². The summed E-state index contributed by atoms with van der Waals surface area (Å²) in [5.41, 5.74) is 1.11. The Labute approximate surface area is 125 Å². The predicted octanol–water partition coefficient (Wildman–Crippen LogP) is 2.91. The zero-order valence-electron chi connectivity index (χ0n) is 9.99. The Balaban J connectivity index is 2.31. The minimum absolute atomic E-state index is 0.0640. The van der Waals surface area contributed by atoms with E-state index in [1.165, 1.54) is 0 Å². The van der Waals surface area contributed by atoms with E-state index in [1.807, 2.05) is 25.2 Å². The number of rotatable bonds is 3. The van der Waals surface area contributed by atoms with Crippen molar-refractivity contribution < 1.29 is 8.42 Å². The first kappa shape index (κ1) is 14.5. The Kier molecular flexibility index (Phi) is 4.52. The smallest absolute Gasteiger partial charge is 0.150 e. The van der Waals surface area contributed by atoms with Gasteiger partial charge in [-0.1, -0.05) is 31.9 Å². The first-order valence-electron chi connectivity index (χ1n) is 5.75. The highest BCUT2D eigenvalue weighted by Crippen LogP contribution is 2.35. The van der Waals surface area contributed by atoms with Crippen LogP contribution >= 0.6 is 31.9 Å². The molecule has 100 valence electrons. The van der Waals surface area contributed by atoms with Crippen molar-refractivity contribution in [1.82, 2.24) is 5.32 Å². The van der Waals surface area contributed by atoms with Gasteiger partial charge in [-0.3, -0.25) is 0 Å². The molecule has 0 aromatic heterocycles. The van der Waals surface area contributed by atoms with Crippen LogP contribution in [-0.2, 0) is 9.84 Å². The maximum absolute atomic E-state index is 11.6. The van der Waals surface area contributed by atoms with E-state index in [-0.39, 0.29) is 17.7 Å². The lowest BCUT2D eigenvalue weighted by atomic mass is 9.93. The van der Waals surface area contributed by atoms with Crippen molar-refractivity contribution in [3.8, 4) is 0 Å². The fraction of sp³-hybridized carbons (Fsp3) is 0.500. The molecule has 2 rings (SSSR count). The highest BCUT2D eigenvalue weighted by Gasteiger charge is 2.34. The number of hydrogen-bond acceptors (Lipinski definition) is 3. The standard InChI is InChI=1S/C12H15Br2NO2S/c1-15-12(8-4-5-18(16,17)7-8)10-6-9(13)2-3-11(10)14/h2-3,6,8,12,15H,4-5,7H2,1H3. The highest BCUT2D eigenvalue weighted by atomic mass is 79.9. The fourth-order valence-corrected chi connectivity index (χ4v) is 5.20. The van der Waals surface area contributed by atoms with Gasteiger partial charge in [0.1, 0.15) is 0 Å². The lowest BCUT2D eigenvalue weighted by molar-refractivity contribution is 0.417. The number of halogens is 2. The van der Waals surface area contributed by atoms with Gasteiger partial charge in [-0.05, 0) is 43.1 Å². The molecule has 6 heteroatoms. The summed E-state index contributed by atoms with van der Waals surface area (Å²) in [6.07, 6.45) is 0.729. The summed E-state index contributed by atoms with van der Waals surface area (Å²) < 4.78 is 25.2. The Bertz CT molecular complexity index is 545. The van der Waals surface area contributed by atoms with Crippen LogP contribution in [0.4, 0.5) is 0 Å². The van der Waals surface area contributed by atoms with Gasteiger partial charge in [0.05, 0.1) is 11.5 Å². The summed E-state index contributed by atoms with van der Waals surface area (Å²) in [6.45, 7) is 0. The largest absolute Gasteiger partial charge is 0.313 e. The SMILES string of the molecule is CNC(c1cc(Br)ccc1Br)C1CCS(=O)(=O)C1. The van der Waals surface area contributed by atoms with Crippen molar-refractivity contribution in [3.05, 3.63) is 32.7 Å². The zero-order chi connectivity index (χ0) is 13.3. The van der Waals surface area contributed by atoms with Crippen LogP contribution in [0.2, 0.25) is 0 Å². The summed E-state index contributed by atoms with van der Waals surface area (Å²) in [6, 6.07) is 6.05. The second-order valence-electron chi connectivity index (χ2n) is 4.60. The summed E-state index contributed by atoms with van der Waals surface area (Å²) >= 11 is 7.00. The third-order valence-electron chi connectivity index (χ3n) is 3.34. The molecule has 0 spiro atoms. The molecular weight excluding hydrogens is 382 g/mol. The molecular formula is C12H15Br2NO2S. The summed E-state index contributed by atoms with van der Waals surface area (Å²) in [4.78, 5) is 0. The lowest BCUT2D eigenvalue weighted by Crippen LogP contribution is -2.26. The second kappa shape index (κ2) is 5.61. The van der Waals surface area contributed by atoms with Crippen molar-refractivity contribution in [2.45, 2.75) is 12.5 Å². The highest BCUT2D eigenvalue weighted by molar-refractivity contribution is 9.11. The Morgan fingerprint density at radius 3 is 2.67 bits per heavy atom. The summed E-state index contributed by atoms with van der Waals surface area (Å²) in [7, 11) is -0.971. The topological polar surface area (TPSA) is 46.2 Å². The minimum atomic E-state index is -2.85. The molecule has 0 bridgehead atoms. The average Bonchev–Trinajstić information content (AvgIpc) is 2.65. The number of hydrogen-bond donors (Lipinski definition) is 1. The Morgan fingerprint density at radius 2 is 2.11 bits per heavy atom. The van der Waals surface area contributed by atoms with E-state index in [0.29, 0.717) is 5.75 Å². The van der Waals surface area contributed by atoms with E-state index in [0.717, 1.165) is 20.9 Å². The molecule has 2 atom stereocenters. The summed E-state index contributed by atoms with van der Waals surface area (Å²) in [5, 5.41) is 3.25. The van der Waals surface area contributed by atoms with Gasteiger partial charge in [0.25, 0.3) is 0 Å². The monoisotopic (exact) mass is 395 g/mol. The predicted molar refractivity (Wildman–Crippen MR) is 80.4 cm³/mol. The van der Waals surface area contributed by atoms with Crippen LogP contribution in [0.3, 0.4) is 0 Å². The Morgan fingerprint density at radius 1 is 1.39 bits per heavy atom. The molecule has 0 saturated carbocycles. The molecule has 1 aromatic carbocycles. The molecule has 1 heterocycles. The van der Waals surface area contributed by atoms with Crippen LogP contribution in [0.15, 0.2) is 27.1 Å². The molecule has 18 heavy (non-hydrogen) atoms. The van der Waals surface area contributed by atoms with Gasteiger partial charge < -0.3 is 5.32 Å². The molecule has 1 saturated heterocycles. The van der Waals surface area contributed by atoms with E-state index < -0.39 is 9.84 Å². The minimum Gasteiger partial charge on any atom is -0.313 e. The second-order valence-corrected chi connectivity index (χ2v) is 8.59. The van der Waals surface area contributed by atoms with Crippen molar-refractivity contribution >= 4 is 41.7 Å². The van der Waals surface area contributed by atoms with Crippen molar-refractivity contribution in [1.29, 1.82) is 0 Å². The molecule has 0 radical (unpaired) electrons. The third-order valence-corrected chi connectivity index (χ3v) is 6.35. The molecule has 0 amide bonds. The number of nitrogens with one attached hydrogen (secondary N) is 1. The van der Waals surface area contributed by atoms with E-state index in [2.05, 4.69) is 37.2 Å². The van der Waals surface area contributed by atoms with Gasteiger partial charge >= 0.3 is 0 Å².